The van der Waals surface area contributed by atoms with Crippen molar-refractivity contribution in [2.75, 3.05) is 18.0 Å². The lowest BCUT2D eigenvalue weighted by molar-refractivity contribution is -0.121. The molecule has 1 saturated heterocycles. The monoisotopic (exact) mass is 344 g/mol. The zero-order valence-corrected chi connectivity index (χ0v) is 14.5. The Bertz CT molecular complexity index is 707. The Balaban J connectivity index is 1.59. The Morgan fingerprint density at radius 1 is 1.38 bits per heavy atom. The summed E-state index contributed by atoms with van der Waals surface area (Å²) in [6, 6.07) is 9.73. The van der Waals surface area contributed by atoms with Gasteiger partial charge in [-0.05, 0) is 43.0 Å². The lowest BCUT2D eigenvalue weighted by Gasteiger charge is -2.33. The van der Waals surface area contributed by atoms with Gasteiger partial charge in [-0.3, -0.25) is 4.79 Å². The molecule has 1 unspecified atom stereocenters. The maximum atomic E-state index is 12.4. The molecular formula is C18H21ClN4O. The highest BCUT2D eigenvalue weighted by Crippen LogP contribution is 2.21. The smallest absolute Gasteiger partial charge is 0.224 e. The SMILES string of the molecule is Cc1cccc(CC(=O)NC2CCCN(c3cccnn3)C2)c1Cl. The van der Waals surface area contributed by atoms with Crippen molar-refractivity contribution < 1.29 is 4.79 Å². The van der Waals surface area contributed by atoms with Crippen LogP contribution in [0.5, 0.6) is 0 Å². The summed E-state index contributed by atoms with van der Waals surface area (Å²) in [6.45, 7) is 3.64. The minimum atomic E-state index is 0.00787. The van der Waals surface area contributed by atoms with Crippen molar-refractivity contribution in [3.05, 3.63) is 52.7 Å². The van der Waals surface area contributed by atoms with E-state index < -0.39 is 0 Å². The average molecular weight is 345 g/mol. The second kappa shape index (κ2) is 7.62. The topological polar surface area (TPSA) is 58.1 Å². The van der Waals surface area contributed by atoms with Gasteiger partial charge in [-0.25, -0.2) is 0 Å². The van der Waals surface area contributed by atoms with Crippen molar-refractivity contribution in [1.29, 1.82) is 0 Å². The van der Waals surface area contributed by atoms with Crippen LogP contribution in [0.2, 0.25) is 5.02 Å². The van der Waals surface area contributed by atoms with Crippen LogP contribution < -0.4 is 10.2 Å². The van der Waals surface area contributed by atoms with Crippen LogP contribution in [0.3, 0.4) is 0 Å². The summed E-state index contributed by atoms with van der Waals surface area (Å²) in [5, 5.41) is 11.9. The molecule has 1 fully saturated rings. The van der Waals surface area contributed by atoms with Gasteiger partial charge in [-0.2, -0.15) is 5.10 Å². The number of anilines is 1. The van der Waals surface area contributed by atoms with Gasteiger partial charge in [0.15, 0.2) is 5.82 Å². The van der Waals surface area contributed by atoms with E-state index in [4.69, 9.17) is 11.6 Å². The van der Waals surface area contributed by atoms with E-state index in [1.54, 1.807) is 6.20 Å². The number of halogens is 1. The summed E-state index contributed by atoms with van der Waals surface area (Å²) in [6.07, 6.45) is 3.97. The summed E-state index contributed by atoms with van der Waals surface area (Å²) in [4.78, 5) is 14.5. The molecule has 2 aromatic rings. The largest absolute Gasteiger partial charge is 0.353 e. The van der Waals surface area contributed by atoms with Crippen molar-refractivity contribution in [2.24, 2.45) is 0 Å². The summed E-state index contributed by atoms with van der Waals surface area (Å²) in [5.74, 6) is 0.867. The molecule has 1 aromatic heterocycles. The number of nitrogens with zero attached hydrogens (tertiary/aromatic N) is 3. The minimum absolute atomic E-state index is 0.00787. The van der Waals surface area contributed by atoms with Gasteiger partial charge >= 0.3 is 0 Å². The number of aryl methyl sites for hydroxylation is 1. The Labute approximate surface area is 147 Å². The van der Waals surface area contributed by atoms with E-state index in [9.17, 15) is 4.79 Å². The number of rotatable bonds is 4. The Kier molecular flexibility index (Phi) is 5.30. The van der Waals surface area contributed by atoms with E-state index in [0.29, 0.717) is 11.4 Å². The van der Waals surface area contributed by atoms with Crippen molar-refractivity contribution >= 4 is 23.3 Å². The molecule has 0 saturated carbocycles. The number of aromatic nitrogens is 2. The lowest BCUT2D eigenvalue weighted by Crippen LogP contribution is -2.48. The van der Waals surface area contributed by atoms with Crippen LogP contribution in [0.1, 0.15) is 24.0 Å². The van der Waals surface area contributed by atoms with E-state index in [0.717, 1.165) is 42.9 Å². The number of hydrogen-bond donors (Lipinski definition) is 1. The maximum absolute atomic E-state index is 12.4. The van der Waals surface area contributed by atoms with Gasteiger partial charge in [-0.15, -0.1) is 5.10 Å². The van der Waals surface area contributed by atoms with Crippen LogP contribution in [0.4, 0.5) is 5.82 Å². The highest BCUT2D eigenvalue weighted by molar-refractivity contribution is 6.32. The van der Waals surface area contributed by atoms with Gasteiger partial charge in [0.2, 0.25) is 5.91 Å². The molecule has 5 nitrogen and oxygen atoms in total. The Hall–Kier alpha value is -2.14. The first kappa shape index (κ1) is 16.7. The van der Waals surface area contributed by atoms with Crippen molar-refractivity contribution in [2.45, 2.75) is 32.2 Å². The van der Waals surface area contributed by atoms with E-state index in [1.165, 1.54) is 0 Å². The molecule has 6 heteroatoms. The number of carbonyl (C=O) groups excluding carboxylic acids is 1. The van der Waals surface area contributed by atoms with Gasteiger partial charge in [0.1, 0.15) is 0 Å². The predicted molar refractivity (Wildman–Crippen MR) is 95.3 cm³/mol. The molecule has 126 valence electrons. The van der Waals surface area contributed by atoms with Crippen LogP contribution in [0.25, 0.3) is 0 Å². The zero-order chi connectivity index (χ0) is 16.9. The van der Waals surface area contributed by atoms with E-state index >= 15 is 0 Å². The van der Waals surface area contributed by atoms with Crippen LogP contribution in [-0.4, -0.2) is 35.2 Å². The molecule has 24 heavy (non-hydrogen) atoms. The fraction of sp³-hybridized carbons (Fsp3) is 0.389. The van der Waals surface area contributed by atoms with Crippen molar-refractivity contribution in [3.8, 4) is 0 Å². The van der Waals surface area contributed by atoms with Crippen LogP contribution >= 0.6 is 11.6 Å². The quantitative estimate of drug-likeness (QED) is 0.926. The molecule has 1 atom stereocenters. The average Bonchev–Trinajstić information content (AvgIpc) is 2.60. The van der Waals surface area contributed by atoms with Crippen molar-refractivity contribution in [3.63, 3.8) is 0 Å². The summed E-state index contributed by atoms with van der Waals surface area (Å²) in [7, 11) is 0. The van der Waals surface area contributed by atoms with Gasteiger partial charge in [-0.1, -0.05) is 29.8 Å². The predicted octanol–water partition coefficient (Wildman–Crippen LogP) is 2.77. The number of nitrogens with one attached hydrogen (secondary N) is 1. The van der Waals surface area contributed by atoms with Gasteiger partial charge in [0.05, 0.1) is 6.42 Å². The molecule has 1 amide bonds. The number of piperidine rings is 1. The van der Waals surface area contributed by atoms with Crippen molar-refractivity contribution in [1.82, 2.24) is 15.5 Å². The molecule has 3 rings (SSSR count). The minimum Gasteiger partial charge on any atom is -0.353 e. The summed E-state index contributed by atoms with van der Waals surface area (Å²) < 4.78 is 0. The molecule has 2 heterocycles. The van der Waals surface area contributed by atoms with Crippen LogP contribution in [-0.2, 0) is 11.2 Å². The third-order valence-corrected chi connectivity index (χ3v) is 4.83. The molecule has 1 aromatic carbocycles. The second-order valence-corrected chi connectivity index (χ2v) is 6.54. The molecule has 1 N–H and O–H groups in total. The van der Waals surface area contributed by atoms with E-state index in [2.05, 4.69) is 20.4 Å². The van der Waals surface area contributed by atoms with Crippen LogP contribution in [0, 0.1) is 6.92 Å². The molecule has 0 radical (unpaired) electrons. The first-order chi connectivity index (χ1) is 11.6. The second-order valence-electron chi connectivity index (χ2n) is 6.16. The van der Waals surface area contributed by atoms with Crippen LogP contribution in [0.15, 0.2) is 36.5 Å². The fourth-order valence-electron chi connectivity index (χ4n) is 3.06. The fourth-order valence-corrected chi connectivity index (χ4v) is 3.25. The molecule has 1 aliphatic heterocycles. The van der Waals surface area contributed by atoms with E-state index in [-0.39, 0.29) is 11.9 Å². The number of carbonyl (C=O) groups is 1. The Morgan fingerprint density at radius 3 is 3.04 bits per heavy atom. The molecular weight excluding hydrogens is 324 g/mol. The standard InChI is InChI=1S/C18H21ClN4O/c1-13-5-2-6-14(18(13)19)11-17(24)21-15-7-4-10-23(12-15)16-8-3-9-20-22-16/h2-3,5-6,8-9,15H,4,7,10-12H2,1H3,(H,21,24). The first-order valence-corrected chi connectivity index (χ1v) is 8.57. The third kappa shape index (κ3) is 4.03. The highest BCUT2D eigenvalue weighted by Gasteiger charge is 2.22. The zero-order valence-electron chi connectivity index (χ0n) is 13.7. The number of amides is 1. The van der Waals surface area contributed by atoms with Gasteiger partial charge < -0.3 is 10.2 Å². The summed E-state index contributed by atoms with van der Waals surface area (Å²) in [5.41, 5.74) is 1.87. The molecule has 0 bridgehead atoms. The lowest BCUT2D eigenvalue weighted by atomic mass is 10.0. The highest BCUT2D eigenvalue weighted by atomic mass is 35.5. The molecule has 0 spiro atoms. The Morgan fingerprint density at radius 2 is 2.25 bits per heavy atom. The number of hydrogen-bond acceptors (Lipinski definition) is 4. The van der Waals surface area contributed by atoms with Gasteiger partial charge in [0.25, 0.3) is 0 Å². The third-order valence-electron chi connectivity index (χ3n) is 4.29. The maximum Gasteiger partial charge on any atom is 0.224 e. The molecule has 1 aliphatic rings. The normalized spacial score (nSPS) is 17.6. The number of benzene rings is 1. The van der Waals surface area contributed by atoms with Gasteiger partial charge in [0, 0.05) is 30.4 Å². The first-order valence-electron chi connectivity index (χ1n) is 8.19. The van der Waals surface area contributed by atoms with E-state index in [1.807, 2.05) is 37.3 Å². The summed E-state index contributed by atoms with van der Waals surface area (Å²) >= 11 is 6.28. The molecule has 0 aliphatic carbocycles.